The maximum atomic E-state index is 12.0. The molecule has 34 heavy (non-hydrogen) atoms. The fourth-order valence-electron chi connectivity index (χ4n) is 3.37. The number of anilines is 2. The molecule has 0 saturated heterocycles. The Bertz CT molecular complexity index is 1170. The van der Waals surface area contributed by atoms with Crippen molar-refractivity contribution >= 4 is 23.4 Å². The van der Waals surface area contributed by atoms with E-state index in [1.807, 2.05) is 31.2 Å². The molecular weight excluding hydrogens is 436 g/mol. The Morgan fingerprint density at radius 3 is 2.26 bits per heavy atom. The van der Waals surface area contributed by atoms with Gasteiger partial charge in [-0.2, -0.15) is 0 Å². The van der Waals surface area contributed by atoms with Gasteiger partial charge in [0.15, 0.2) is 0 Å². The van der Waals surface area contributed by atoms with Crippen LogP contribution in [0, 0.1) is 10.1 Å². The highest BCUT2D eigenvalue weighted by Crippen LogP contribution is 2.29. The molecule has 3 rings (SSSR count). The van der Waals surface area contributed by atoms with Gasteiger partial charge in [-0.05, 0) is 23.5 Å². The van der Waals surface area contributed by atoms with E-state index >= 15 is 0 Å². The zero-order chi connectivity index (χ0) is 24.9. The van der Waals surface area contributed by atoms with Crippen LogP contribution in [-0.2, 0) is 11.8 Å². The first-order valence-corrected chi connectivity index (χ1v) is 10.9. The molecule has 0 saturated carbocycles. The number of aryl methyl sites for hydroxylation is 1. The van der Waals surface area contributed by atoms with E-state index in [0.29, 0.717) is 48.2 Å². The first-order valence-electron chi connectivity index (χ1n) is 10.9. The Hall–Kier alpha value is -4.08. The number of aromatic carboxylic acids is 1. The molecule has 2 heterocycles. The summed E-state index contributed by atoms with van der Waals surface area (Å²) in [5.41, 5.74) is 2.67. The Balaban J connectivity index is 1.79. The quantitative estimate of drug-likeness (QED) is 0.236. The molecule has 1 aromatic carbocycles. The van der Waals surface area contributed by atoms with Crippen molar-refractivity contribution in [2.45, 2.75) is 39.5 Å². The first-order chi connectivity index (χ1) is 16.1. The van der Waals surface area contributed by atoms with Gasteiger partial charge in [-0.3, -0.25) is 10.1 Å². The van der Waals surface area contributed by atoms with Crippen molar-refractivity contribution in [1.29, 1.82) is 0 Å². The fourth-order valence-corrected chi connectivity index (χ4v) is 3.37. The zero-order valence-corrected chi connectivity index (χ0v) is 19.6. The number of aromatic nitrogens is 3. The minimum atomic E-state index is -1.07. The molecule has 0 radical (unpaired) electrons. The number of benzene rings is 1. The van der Waals surface area contributed by atoms with Gasteiger partial charge in [-0.25, -0.2) is 19.7 Å². The summed E-state index contributed by atoms with van der Waals surface area (Å²) >= 11 is 0. The molecule has 10 heteroatoms. The number of pyridine rings is 1. The van der Waals surface area contributed by atoms with Crippen LogP contribution in [-0.4, -0.2) is 44.0 Å². The Morgan fingerprint density at radius 2 is 1.74 bits per heavy atom. The first kappa shape index (κ1) is 24.6. The lowest BCUT2D eigenvalue weighted by atomic mass is 9.86. The molecule has 3 N–H and O–H groups in total. The van der Waals surface area contributed by atoms with E-state index in [9.17, 15) is 20.0 Å². The summed E-state index contributed by atoms with van der Waals surface area (Å²) in [4.78, 5) is 35.2. The molecule has 0 fully saturated rings. The summed E-state index contributed by atoms with van der Waals surface area (Å²) in [6.45, 7) is 9.09. The summed E-state index contributed by atoms with van der Waals surface area (Å²) in [6.07, 6.45) is 1.63. The molecular formula is C24H28N6O4. The number of nitrogens with one attached hydrogen (secondary N) is 2. The Morgan fingerprint density at radius 1 is 1.06 bits per heavy atom. The normalized spacial score (nSPS) is 11.2. The number of rotatable bonds is 9. The van der Waals surface area contributed by atoms with Crippen molar-refractivity contribution in [3.8, 4) is 11.3 Å². The van der Waals surface area contributed by atoms with Crippen LogP contribution < -0.4 is 10.6 Å². The highest BCUT2D eigenvalue weighted by molar-refractivity contribution is 5.96. The molecule has 10 nitrogen and oxygen atoms in total. The second-order valence-electron chi connectivity index (χ2n) is 8.72. The number of carbonyl (C=O) groups is 1. The third kappa shape index (κ3) is 5.83. The molecule has 3 aromatic rings. The summed E-state index contributed by atoms with van der Waals surface area (Å²) in [5.74, 6) is -0.233. The second kappa shape index (κ2) is 10.2. The van der Waals surface area contributed by atoms with E-state index in [-0.39, 0.29) is 16.7 Å². The fraction of sp³-hybridized carbons (Fsp3) is 0.333. The highest BCUT2D eigenvalue weighted by atomic mass is 16.6. The van der Waals surface area contributed by atoms with Gasteiger partial charge in [0.25, 0.3) is 5.69 Å². The summed E-state index contributed by atoms with van der Waals surface area (Å²) in [7, 11) is 0. The largest absolute Gasteiger partial charge is 0.478 e. The van der Waals surface area contributed by atoms with Crippen LogP contribution in [0.3, 0.4) is 0 Å². The molecule has 178 valence electrons. The van der Waals surface area contributed by atoms with Crippen LogP contribution in [0.4, 0.5) is 17.5 Å². The number of carboxylic acid groups (broad SMARTS) is 1. The lowest BCUT2D eigenvalue weighted by molar-refractivity contribution is -0.385. The van der Waals surface area contributed by atoms with Crippen LogP contribution in [0.1, 0.15) is 49.3 Å². The van der Waals surface area contributed by atoms with E-state index in [4.69, 9.17) is 0 Å². The summed E-state index contributed by atoms with van der Waals surface area (Å²) in [6, 6.07) is 10.7. The van der Waals surface area contributed by atoms with E-state index < -0.39 is 10.9 Å². The second-order valence-corrected chi connectivity index (χ2v) is 8.72. The molecule has 0 spiro atoms. The Labute approximate surface area is 197 Å². The lowest BCUT2D eigenvalue weighted by Crippen LogP contribution is -2.18. The van der Waals surface area contributed by atoms with Crippen molar-refractivity contribution < 1.29 is 14.8 Å². The van der Waals surface area contributed by atoms with Gasteiger partial charge >= 0.3 is 5.97 Å². The molecule has 2 aromatic heterocycles. The molecule has 0 aliphatic heterocycles. The summed E-state index contributed by atoms with van der Waals surface area (Å²) in [5, 5.41) is 26.7. The van der Waals surface area contributed by atoms with E-state index in [1.54, 1.807) is 0 Å². The van der Waals surface area contributed by atoms with E-state index in [2.05, 4.69) is 46.4 Å². The topological polar surface area (TPSA) is 143 Å². The number of nitrogens with zero attached hydrogens (tertiary/aromatic N) is 4. The van der Waals surface area contributed by atoms with Gasteiger partial charge in [0, 0.05) is 24.7 Å². The van der Waals surface area contributed by atoms with Gasteiger partial charge < -0.3 is 15.7 Å². The lowest BCUT2D eigenvalue weighted by Gasteiger charge is -2.19. The average Bonchev–Trinajstić information content (AvgIpc) is 2.80. The Kier molecular flexibility index (Phi) is 7.40. The maximum Gasteiger partial charge on any atom is 0.339 e. The van der Waals surface area contributed by atoms with Gasteiger partial charge in [0.05, 0.1) is 16.3 Å². The van der Waals surface area contributed by atoms with Crippen LogP contribution >= 0.6 is 0 Å². The zero-order valence-electron chi connectivity index (χ0n) is 19.6. The predicted molar refractivity (Wildman–Crippen MR) is 130 cm³/mol. The van der Waals surface area contributed by atoms with E-state index in [0.717, 1.165) is 5.56 Å². The van der Waals surface area contributed by atoms with Crippen LogP contribution in [0.25, 0.3) is 11.3 Å². The van der Waals surface area contributed by atoms with Gasteiger partial charge in [-0.15, -0.1) is 0 Å². The monoisotopic (exact) mass is 464 g/mol. The predicted octanol–water partition coefficient (Wildman–Crippen LogP) is 4.53. The minimum absolute atomic E-state index is 0.0212. The van der Waals surface area contributed by atoms with Crippen LogP contribution in [0.2, 0.25) is 0 Å². The van der Waals surface area contributed by atoms with Crippen LogP contribution in [0.15, 0.2) is 42.6 Å². The van der Waals surface area contributed by atoms with Crippen molar-refractivity contribution in [1.82, 2.24) is 15.0 Å². The number of nitro groups is 1. The third-order valence-electron chi connectivity index (χ3n) is 5.23. The molecule has 0 aliphatic rings. The summed E-state index contributed by atoms with van der Waals surface area (Å²) < 4.78 is 0. The van der Waals surface area contributed by atoms with Gasteiger partial charge in [0.1, 0.15) is 17.6 Å². The minimum Gasteiger partial charge on any atom is -0.478 e. The van der Waals surface area contributed by atoms with Crippen molar-refractivity contribution in [3.63, 3.8) is 0 Å². The van der Waals surface area contributed by atoms with Crippen LogP contribution in [0.5, 0.6) is 0 Å². The molecule has 0 atom stereocenters. The molecule has 0 aliphatic carbocycles. The molecule has 0 amide bonds. The van der Waals surface area contributed by atoms with Crippen molar-refractivity contribution in [3.05, 3.63) is 69.5 Å². The number of hydrogen-bond acceptors (Lipinski definition) is 8. The van der Waals surface area contributed by atoms with Crippen molar-refractivity contribution in [2.24, 2.45) is 0 Å². The highest BCUT2D eigenvalue weighted by Gasteiger charge is 2.21. The van der Waals surface area contributed by atoms with E-state index in [1.165, 1.54) is 18.3 Å². The smallest absolute Gasteiger partial charge is 0.339 e. The number of hydrogen-bond donors (Lipinski definition) is 3. The van der Waals surface area contributed by atoms with Crippen molar-refractivity contribution in [2.75, 3.05) is 23.7 Å². The van der Waals surface area contributed by atoms with Gasteiger partial charge in [0.2, 0.25) is 5.95 Å². The molecule has 0 unspecified atom stereocenters. The van der Waals surface area contributed by atoms with Gasteiger partial charge in [-0.1, -0.05) is 52.0 Å². The maximum absolute atomic E-state index is 12.0. The molecule has 0 bridgehead atoms. The SMILES string of the molecule is CCc1nc(NCCNc2ccc([N+](=O)[O-])cn2)nc(-c2ccc(C(C)(C)C)cc2)c1C(=O)O. The number of carboxylic acids is 1. The standard InChI is InChI=1S/C24H28N6O4/c1-5-18-20(22(31)32)21(15-6-8-16(9-7-15)24(2,3)4)29-23(28-18)26-13-12-25-19-11-10-17(14-27-19)30(33)34/h6-11,14H,5,12-13H2,1-4H3,(H,25,27)(H,31,32)(H,26,28,29). The third-order valence-corrected chi connectivity index (χ3v) is 5.23. The average molecular weight is 465 g/mol.